The van der Waals surface area contributed by atoms with Crippen molar-refractivity contribution < 1.29 is 0 Å². The predicted octanol–water partition coefficient (Wildman–Crippen LogP) is 1.49. The van der Waals surface area contributed by atoms with Gasteiger partial charge in [0.15, 0.2) is 5.13 Å². The molecule has 0 aliphatic heterocycles. The number of hydrogen-bond acceptors (Lipinski definition) is 5. The summed E-state index contributed by atoms with van der Waals surface area (Å²) in [7, 11) is 0. The molecule has 5 heteroatoms. The number of anilines is 1. The molecule has 0 amide bonds. The lowest BCUT2D eigenvalue weighted by Gasteiger charge is -1.92. The number of aromatic nitrogens is 2. The highest BCUT2D eigenvalue weighted by Gasteiger charge is 2.01. The summed E-state index contributed by atoms with van der Waals surface area (Å²) in [6.07, 6.45) is 5.32. The third-order valence-electron chi connectivity index (χ3n) is 1.58. The summed E-state index contributed by atoms with van der Waals surface area (Å²) in [6, 6.07) is 3.88. The van der Waals surface area contributed by atoms with Gasteiger partial charge in [-0.15, -0.1) is 0 Å². The average molecular weight is 192 g/mol. The van der Waals surface area contributed by atoms with Crippen molar-refractivity contribution in [2.75, 3.05) is 5.43 Å². The number of thiazole rings is 1. The van der Waals surface area contributed by atoms with E-state index < -0.39 is 0 Å². The third kappa shape index (κ3) is 1.66. The monoisotopic (exact) mass is 192 g/mol. The van der Waals surface area contributed by atoms with Crippen molar-refractivity contribution in [1.82, 2.24) is 9.97 Å². The lowest BCUT2D eigenvalue weighted by molar-refractivity contribution is 1.29. The lowest BCUT2D eigenvalue weighted by atomic mass is 10.3. The van der Waals surface area contributed by atoms with Crippen LogP contribution in [0.25, 0.3) is 10.4 Å². The first-order chi connectivity index (χ1) is 6.40. The summed E-state index contributed by atoms with van der Waals surface area (Å²) < 4.78 is 0. The zero-order chi connectivity index (χ0) is 9.10. The number of hydrazine groups is 1. The van der Waals surface area contributed by atoms with Crippen LogP contribution in [0.15, 0.2) is 30.7 Å². The van der Waals surface area contributed by atoms with Crippen LogP contribution in [-0.4, -0.2) is 9.97 Å². The second kappa shape index (κ2) is 3.51. The summed E-state index contributed by atoms with van der Waals surface area (Å²) in [5.74, 6) is 5.22. The van der Waals surface area contributed by atoms with Crippen LogP contribution in [0.5, 0.6) is 0 Å². The molecular weight excluding hydrogens is 184 g/mol. The molecule has 0 unspecified atom stereocenters. The van der Waals surface area contributed by atoms with Crippen molar-refractivity contribution in [3.05, 3.63) is 30.7 Å². The molecule has 0 spiro atoms. The van der Waals surface area contributed by atoms with Gasteiger partial charge in [0, 0.05) is 24.2 Å². The van der Waals surface area contributed by atoms with E-state index in [1.165, 1.54) is 11.3 Å². The van der Waals surface area contributed by atoms with E-state index in [1.807, 2.05) is 12.1 Å². The lowest BCUT2D eigenvalue weighted by Crippen LogP contribution is -2.05. The first-order valence-electron chi connectivity index (χ1n) is 3.73. The van der Waals surface area contributed by atoms with Crippen LogP contribution in [0.2, 0.25) is 0 Å². The van der Waals surface area contributed by atoms with Crippen LogP contribution in [0.3, 0.4) is 0 Å². The van der Waals surface area contributed by atoms with Gasteiger partial charge in [-0.2, -0.15) is 0 Å². The second-order valence-corrected chi connectivity index (χ2v) is 3.45. The normalized spacial score (nSPS) is 9.92. The first kappa shape index (κ1) is 8.15. The van der Waals surface area contributed by atoms with E-state index in [2.05, 4.69) is 15.4 Å². The SMILES string of the molecule is NNc1ncc(-c2cccnc2)s1. The van der Waals surface area contributed by atoms with E-state index in [4.69, 9.17) is 5.84 Å². The maximum atomic E-state index is 5.22. The number of nitrogens with zero attached hydrogens (tertiary/aromatic N) is 2. The van der Waals surface area contributed by atoms with E-state index in [0.717, 1.165) is 10.4 Å². The minimum Gasteiger partial charge on any atom is -0.300 e. The van der Waals surface area contributed by atoms with E-state index in [1.54, 1.807) is 18.6 Å². The molecule has 3 N–H and O–H groups in total. The van der Waals surface area contributed by atoms with Crippen LogP contribution >= 0.6 is 11.3 Å². The maximum Gasteiger partial charge on any atom is 0.197 e. The summed E-state index contributed by atoms with van der Waals surface area (Å²) in [4.78, 5) is 9.15. The number of rotatable bonds is 2. The Bertz CT molecular complexity index is 384. The minimum atomic E-state index is 0.707. The number of nitrogens with one attached hydrogen (secondary N) is 1. The Kier molecular flexibility index (Phi) is 2.20. The molecule has 0 aliphatic rings. The molecule has 0 aliphatic carbocycles. The zero-order valence-electron chi connectivity index (χ0n) is 6.77. The summed E-state index contributed by atoms with van der Waals surface area (Å²) in [5, 5.41) is 0.707. The Labute approximate surface area is 79.4 Å². The van der Waals surface area contributed by atoms with Gasteiger partial charge < -0.3 is 0 Å². The summed E-state index contributed by atoms with van der Waals surface area (Å²) in [6.45, 7) is 0. The zero-order valence-corrected chi connectivity index (χ0v) is 7.58. The Hall–Kier alpha value is -1.46. The van der Waals surface area contributed by atoms with Crippen LogP contribution < -0.4 is 11.3 Å². The third-order valence-corrected chi connectivity index (χ3v) is 2.55. The number of nitrogen functional groups attached to an aromatic ring is 1. The van der Waals surface area contributed by atoms with Gasteiger partial charge in [-0.05, 0) is 6.07 Å². The smallest absolute Gasteiger partial charge is 0.197 e. The minimum absolute atomic E-state index is 0.707. The van der Waals surface area contributed by atoms with Crippen molar-refractivity contribution in [2.45, 2.75) is 0 Å². The second-order valence-electron chi connectivity index (χ2n) is 2.42. The van der Waals surface area contributed by atoms with Gasteiger partial charge in [0.05, 0.1) is 4.88 Å². The standard InChI is InChI=1S/C8H8N4S/c9-12-8-11-5-7(13-8)6-2-1-3-10-4-6/h1-5H,9H2,(H,11,12). The molecule has 2 aromatic heterocycles. The van der Waals surface area contributed by atoms with Gasteiger partial charge in [-0.1, -0.05) is 17.4 Å². The van der Waals surface area contributed by atoms with E-state index >= 15 is 0 Å². The molecule has 0 atom stereocenters. The van der Waals surface area contributed by atoms with Crippen molar-refractivity contribution in [3.63, 3.8) is 0 Å². The van der Waals surface area contributed by atoms with Crippen LogP contribution in [0, 0.1) is 0 Å². The van der Waals surface area contributed by atoms with E-state index in [-0.39, 0.29) is 0 Å². The number of nitrogens with two attached hydrogens (primary N) is 1. The average Bonchev–Trinajstić information content (AvgIpc) is 2.67. The van der Waals surface area contributed by atoms with Gasteiger partial charge >= 0.3 is 0 Å². The van der Waals surface area contributed by atoms with Crippen LogP contribution in [0.4, 0.5) is 5.13 Å². The van der Waals surface area contributed by atoms with Gasteiger partial charge in [-0.3, -0.25) is 10.4 Å². The van der Waals surface area contributed by atoms with Crippen molar-refractivity contribution in [2.24, 2.45) is 5.84 Å². The fourth-order valence-corrected chi connectivity index (χ4v) is 1.70. The molecule has 66 valence electrons. The molecule has 0 bridgehead atoms. The quantitative estimate of drug-likeness (QED) is 0.559. The molecule has 0 radical (unpaired) electrons. The molecule has 0 aromatic carbocycles. The van der Waals surface area contributed by atoms with Crippen LogP contribution in [0.1, 0.15) is 0 Å². The summed E-state index contributed by atoms with van der Waals surface area (Å²) in [5.41, 5.74) is 3.56. The largest absolute Gasteiger partial charge is 0.300 e. The number of pyridine rings is 1. The Balaban J connectivity index is 2.36. The fraction of sp³-hybridized carbons (Fsp3) is 0. The highest BCUT2D eigenvalue weighted by molar-refractivity contribution is 7.18. The Morgan fingerprint density at radius 1 is 1.38 bits per heavy atom. The number of hydrogen-bond donors (Lipinski definition) is 2. The van der Waals surface area contributed by atoms with Crippen molar-refractivity contribution in [1.29, 1.82) is 0 Å². The highest BCUT2D eigenvalue weighted by atomic mass is 32.1. The molecule has 2 heterocycles. The van der Waals surface area contributed by atoms with Crippen molar-refractivity contribution in [3.8, 4) is 10.4 Å². The Morgan fingerprint density at radius 3 is 2.92 bits per heavy atom. The van der Waals surface area contributed by atoms with Gasteiger partial charge in [0.2, 0.25) is 0 Å². The maximum absolute atomic E-state index is 5.22. The van der Waals surface area contributed by atoms with Gasteiger partial charge in [-0.25, -0.2) is 10.8 Å². The highest BCUT2D eigenvalue weighted by Crippen LogP contribution is 2.27. The molecule has 2 rings (SSSR count). The molecular formula is C8H8N4S. The Morgan fingerprint density at radius 2 is 2.31 bits per heavy atom. The topological polar surface area (TPSA) is 63.8 Å². The molecule has 0 fully saturated rings. The predicted molar refractivity (Wildman–Crippen MR) is 53.2 cm³/mol. The summed E-state index contributed by atoms with van der Waals surface area (Å²) >= 11 is 1.50. The van der Waals surface area contributed by atoms with Crippen molar-refractivity contribution >= 4 is 16.5 Å². The van der Waals surface area contributed by atoms with E-state index in [9.17, 15) is 0 Å². The molecule has 0 saturated heterocycles. The molecule has 13 heavy (non-hydrogen) atoms. The van der Waals surface area contributed by atoms with Gasteiger partial charge in [0.1, 0.15) is 0 Å². The molecule has 2 aromatic rings. The van der Waals surface area contributed by atoms with E-state index in [0.29, 0.717) is 5.13 Å². The first-order valence-corrected chi connectivity index (χ1v) is 4.54. The molecule has 0 saturated carbocycles. The fourth-order valence-electron chi connectivity index (χ4n) is 0.983. The van der Waals surface area contributed by atoms with Gasteiger partial charge in [0.25, 0.3) is 0 Å². The van der Waals surface area contributed by atoms with Crippen LogP contribution in [-0.2, 0) is 0 Å². The molecule has 4 nitrogen and oxygen atoms in total.